The smallest absolute Gasteiger partial charge is 0.0146 e. The van der Waals surface area contributed by atoms with E-state index < -0.39 is 0 Å². The Kier molecular flexibility index (Phi) is 5.76. The molecule has 0 saturated heterocycles. The van der Waals surface area contributed by atoms with Gasteiger partial charge >= 0.3 is 0 Å². The molecular formula is C30H38. The highest BCUT2D eigenvalue weighted by Gasteiger charge is 2.27. The first-order chi connectivity index (χ1) is 13.9. The van der Waals surface area contributed by atoms with Crippen molar-refractivity contribution in [3.63, 3.8) is 0 Å². The lowest BCUT2D eigenvalue weighted by Crippen LogP contribution is -2.22. The van der Waals surface area contributed by atoms with Crippen LogP contribution in [0.3, 0.4) is 0 Å². The summed E-state index contributed by atoms with van der Waals surface area (Å²) in [6.07, 6.45) is 0. The van der Waals surface area contributed by atoms with Gasteiger partial charge in [0.05, 0.1) is 0 Å². The third-order valence-corrected chi connectivity index (χ3v) is 7.63. The van der Waals surface area contributed by atoms with Crippen LogP contribution in [0, 0.1) is 41.5 Å². The van der Waals surface area contributed by atoms with Gasteiger partial charge in [-0.2, -0.15) is 0 Å². The topological polar surface area (TPSA) is 0 Å². The normalized spacial score (nSPS) is 12.3. The molecule has 0 radical (unpaired) electrons. The molecule has 0 atom stereocenters. The van der Waals surface area contributed by atoms with Crippen molar-refractivity contribution in [2.75, 3.05) is 0 Å². The van der Waals surface area contributed by atoms with Crippen molar-refractivity contribution >= 4 is 0 Å². The van der Waals surface area contributed by atoms with Crippen molar-refractivity contribution in [1.29, 1.82) is 0 Å². The van der Waals surface area contributed by atoms with Crippen molar-refractivity contribution in [3.05, 3.63) is 104 Å². The standard InChI is InChI=1S/C30H38/c1-19-15-27(16-20(2)23(19)5)29(7,8)25-11-13-26(14-12-25)30(9,10)28-17-21(3)24(6)22(4)18-28/h11-18H,1-10H3. The van der Waals surface area contributed by atoms with Gasteiger partial charge in [0.25, 0.3) is 0 Å². The Morgan fingerprint density at radius 1 is 0.400 bits per heavy atom. The van der Waals surface area contributed by atoms with Gasteiger partial charge in [0.2, 0.25) is 0 Å². The van der Waals surface area contributed by atoms with Gasteiger partial charge in [0, 0.05) is 10.8 Å². The second-order valence-corrected chi connectivity index (χ2v) is 10.3. The Hall–Kier alpha value is -2.34. The third-order valence-electron chi connectivity index (χ3n) is 7.63. The van der Waals surface area contributed by atoms with E-state index >= 15 is 0 Å². The number of aryl methyl sites for hydroxylation is 4. The number of hydrogen-bond acceptors (Lipinski definition) is 0. The summed E-state index contributed by atoms with van der Waals surface area (Å²) in [6, 6.07) is 18.8. The zero-order valence-corrected chi connectivity index (χ0v) is 20.6. The lowest BCUT2D eigenvalue weighted by molar-refractivity contribution is 0.625. The van der Waals surface area contributed by atoms with E-state index in [1.54, 1.807) is 0 Å². The van der Waals surface area contributed by atoms with E-state index in [2.05, 4.69) is 118 Å². The molecule has 0 bridgehead atoms. The summed E-state index contributed by atoms with van der Waals surface area (Å²) in [7, 11) is 0. The molecule has 0 nitrogen and oxygen atoms in total. The van der Waals surface area contributed by atoms with Gasteiger partial charge in [0.15, 0.2) is 0 Å². The Bertz CT molecular complexity index is 941. The highest BCUT2D eigenvalue weighted by atomic mass is 14.3. The van der Waals surface area contributed by atoms with Crippen LogP contribution in [0.25, 0.3) is 0 Å². The maximum atomic E-state index is 2.36. The minimum absolute atomic E-state index is 0.0249. The van der Waals surface area contributed by atoms with Gasteiger partial charge in [-0.25, -0.2) is 0 Å². The minimum Gasteiger partial charge on any atom is -0.0579 e. The van der Waals surface area contributed by atoms with Gasteiger partial charge in [-0.05, 0) is 97.2 Å². The van der Waals surface area contributed by atoms with Crippen LogP contribution in [-0.2, 0) is 10.8 Å². The molecule has 3 aromatic rings. The first kappa shape index (κ1) is 22.3. The number of rotatable bonds is 4. The Morgan fingerprint density at radius 3 is 0.867 bits per heavy atom. The maximum Gasteiger partial charge on any atom is 0.0146 e. The maximum absolute atomic E-state index is 2.36. The van der Waals surface area contributed by atoms with E-state index in [-0.39, 0.29) is 10.8 Å². The number of benzene rings is 3. The Labute approximate surface area is 184 Å². The van der Waals surface area contributed by atoms with E-state index in [1.807, 2.05) is 0 Å². The average Bonchev–Trinajstić information content (AvgIpc) is 2.69. The summed E-state index contributed by atoms with van der Waals surface area (Å²) in [5, 5.41) is 0. The molecule has 0 unspecified atom stereocenters. The first-order valence-electron chi connectivity index (χ1n) is 11.1. The van der Waals surface area contributed by atoms with E-state index in [4.69, 9.17) is 0 Å². The zero-order valence-electron chi connectivity index (χ0n) is 20.6. The average molecular weight is 399 g/mol. The van der Waals surface area contributed by atoms with Gasteiger partial charge in [-0.15, -0.1) is 0 Å². The molecule has 0 aliphatic heterocycles. The number of hydrogen-bond donors (Lipinski definition) is 0. The van der Waals surface area contributed by atoms with Crippen LogP contribution in [0.4, 0.5) is 0 Å². The van der Waals surface area contributed by atoms with Crippen LogP contribution in [0.2, 0.25) is 0 Å². The molecule has 0 N–H and O–H groups in total. The molecule has 0 heteroatoms. The fraction of sp³-hybridized carbons (Fsp3) is 0.400. The SMILES string of the molecule is Cc1cc(C(C)(C)c2ccc(C(C)(C)c3cc(C)c(C)c(C)c3)cc2)cc(C)c1C. The summed E-state index contributed by atoms with van der Waals surface area (Å²) in [5.74, 6) is 0. The predicted molar refractivity (Wildman–Crippen MR) is 132 cm³/mol. The zero-order chi connectivity index (χ0) is 22.4. The van der Waals surface area contributed by atoms with E-state index in [0.717, 1.165) is 0 Å². The van der Waals surface area contributed by atoms with Crippen molar-refractivity contribution in [3.8, 4) is 0 Å². The monoisotopic (exact) mass is 398 g/mol. The van der Waals surface area contributed by atoms with Gasteiger partial charge < -0.3 is 0 Å². The molecule has 0 aromatic heterocycles. The largest absolute Gasteiger partial charge is 0.0579 e. The van der Waals surface area contributed by atoms with Crippen LogP contribution in [-0.4, -0.2) is 0 Å². The molecular weight excluding hydrogens is 360 g/mol. The van der Waals surface area contributed by atoms with Gasteiger partial charge in [0.1, 0.15) is 0 Å². The highest BCUT2D eigenvalue weighted by molar-refractivity contribution is 5.48. The van der Waals surface area contributed by atoms with Crippen LogP contribution in [0.1, 0.15) is 83.3 Å². The fourth-order valence-electron chi connectivity index (χ4n) is 4.43. The summed E-state index contributed by atoms with van der Waals surface area (Å²) in [6.45, 7) is 22.7. The van der Waals surface area contributed by atoms with Crippen LogP contribution in [0.5, 0.6) is 0 Å². The molecule has 3 rings (SSSR count). The van der Waals surface area contributed by atoms with Crippen molar-refractivity contribution in [2.24, 2.45) is 0 Å². The van der Waals surface area contributed by atoms with E-state index in [0.29, 0.717) is 0 Å². The molecule has 0 amide bonds. The highest BCUT2D eigenvalue weighted by Crippen LogP contribution is 2.37. The molecule has 0 aliphatic carbocycles. The van der Waals surface area contributed by atoms with Crippen LogP contribution in [0.15, 0.2) is 48.5 Å². The molecule has 0 fully saturated rings. The van der Waals surface area contributed by atoms with Gasteiger partial charge in [-0.3, -0.25) is 0 Å². The fourth-order valence-corrected chi connectivity index (χ4v) is 4.43. The predicted octanol–water partition coefficient (Wildman–Crippen LogP) is 8.19. The lowest BCUT2D eigenvalue weighted by Gasteiger charge is -2.31. The summed E-state index contributed by atoms with van der Waals surface area (Å²) >= 11 is 0. The molecule has 3 aromatic carbocycles. The molecule has 0 saturated carbocycles. The molecule has 0 spiro atoms. The van der Waals surface area contributed by atoms with Crippen LogP contribution >= 0.6 is 0 Å². The van der Waals surface area contributed by atoms with Crippen molar-refractivity contribution in [2.45, 2.75) is 80.1 Å². The van der Waals surface area contributed by atoms with E-state index in [1.165, 1.54) is 55.6 Å². The molecule has 0 heterocycles. The molecule has 30 heavy (non-hydrogen) atoms. The van der Waals surface area contributed by atoms with Crippen LogP contribution < -0.4 is 0 Å². The second-order valence-electron chi connectivity index (χ2n) is 10.3. The third kappa shape index (κ3) is 3.85. The summed E-state index contributed by atoms with van der Waals surface area (Å²) < 4.78 is 0. The Balaban J connectivity index is 1.99. The first-order valence-corrected chi connectivity index (χ1v) is 11.1. The summed E-state index contributed by atoms with van der Waals surface area (Å²) in [4.78, 5) is 0. The molecule has 0 aliphatic rings. The van der Waals surface area contributed by atoms with Gasteiger partial charge in [-0.1, -0.05) is 76.2 Å². The summed E-state index contributed by atoms with van der Waals surface area (Å²) in [5.41, 5.74) is 13.8. The Morgan fingerprint density at radius 2 is 0.633 bits per heavy atom. The van der Waals surface area contributed by atoms with E-state index in [9.17, 15) is 0 Å². The lowest BCUT2D eigenvalue weighted by atomic mass is 9.73. The van der Waals surface area contributed by atoms with Crippen molar-refractivity contribution < 1.29 is 0 Å². The quantitative estimate of drug-likeness (QED) is 0.415. The van der Waals surface area contributed by atoms with Crippen molar-refractivity contribution in [1.82, 2.24) is 0 Å². The molecule has 158 valence electrons. The second kappa shape index (κ2) is 7.73. The minimum atomic E-state index is -0.0249.